The van der Waals surface area contributed by atoms with E-state index in [9.17, 15) is 0 Å². The van der Waals surface area contributed by atoms with Gasteiger partial charge in [0.15, 0.2) is 0 Å². The number of benzene rings is 1. The van der Waals surface area contributed by atoms with Crippen LogP contribution in [0.4, 0.5) is 0 Å². The predicted octanol–water partition coefficient (Wildman–Crippen LogP) is 4.87. The van der Waals surface area contributed by atoms with Crippen molar-refractivity contribution in [1.82, 2.24) is 5.32 Å². The van der Waals surface area contributed by atoms with Gasteiger partial charge in [0.2, 0.25) is 0 Å². The molecule has 1 saturated carbocycles. The minimum atomic E-state index is 0.230. The van der Waals surface area contributed by atoms with Crippen molar-refractivity contribution >= 4 is 11.6 Å². The molecule has 116 valence electrons. The molecule has 21 heavy (non-hydrogen) atoms. The van der Waals surface area contributed by atoms with E-state index in [0.29, 0.717) is 12.1 Å². The van der Waals surface area contributed by atoms with Gasteiger partial charge in [0, 0.05) is 17.6 Å². The van der Waals surface area contributed by atoms with Crippen LogP contribution in [-0.2, 0) is 4.74 Å². The number of halogens is 1. The van der Waals surface area contributed by atoms with Crippen LogP contribution in [0, 0.1) is 0 Å². The van der Waals surface area contributed by atoms with Crippen LogP contribution in [0.2, 0.25) is 5.02 Å². The fourth-order valence-corrected chi connectivity index (χ4v) is 3.91. The lowest BCUT2D eigenvalue weighted by Gasteiger charge is -2.33. The van der Waals surface area contributed by atoms with Crippen molar-refractivity contribution in [2.24, 2.45) is 0 Å². The van der Waals surface area contributed by atoms with Crippen LogP contribution in [0.1, 0.15) is 63.5 Å². The number of ether oxygens (including phenoxy) is 1. The molecule has 1 heterocycles. The van der Waals surface area contributed by atoms with Gasteiger partial charge in [0.1, 0.15) is 0 Å². The van der Waals surface area contributed by atoms with Crippen LogP contribution < -0.4 is 5.32 Å². The molecular weight excluding hydrogens is 282 g/mol. The molecule has 0 bridgehead atoms. The highest BCUT2D eigenvalue weighted by Gasteiger charge is 2.40. The molecule has 3 rings (SSSR count). The van der Waals surface area contributed by atoms with Crippen molar-refractivity contribution in [2.75, 3.05) is 6.54 Å². The molecule has 1 aromatic rings. The van der Waals surface area contributed by atoms with Crippen molar-refractivity contribution in [2.45, 2.75) is 69.6 Å². The summed E-state index contributed by atoms with van der Waals surface area (Å²) in [4.78, 5) is 0. The summed E-state index contributed by atoms with van der Waals surface area (Å²) in [5.74, 6) is 0. The standard InChI is InChI=1S/C18H26ClNO/c1-14(15-5-7-16(19)8-6-15)20-13-17-9-12-18(21-17)10-3-2-4-11-18/h5-8,14,17,20H,2-4,9-13H2,1H3/t14-,17?/m1/s1. The molecule has 1 unspecified atom stereocenters. The Labute approximate surface area is 133 Å². The molecule has 0 aromatic heterocycles. The highest BCUT2D eigenvalue weighted by atomic mass is 35.5. The van der Waals surface area contributed by atoms with E-state index in [1.54, 1.807) is 0 Å². The van der Waals surface area contributed by atoms with Gasteiger partial charge < -0.3 is 10.1 Å². The summed E-state index contributed by atoms with van der Waals surface area (Å²) < 4.78 is 6.41. The molecule has 1 aromatic carbocycles. The Morgan fingerprint density at radius 2 is 1.90 bits per heavy atom. The van der Waals surface area contributed by atoms with Crippen molar-refractivity contribution in [3.63, 3.8) is 0 Å². The summed E-state index contributed by atoms with van der Waals surface area (Å²) in [6, 6.07) is 8.45. The number of hydrogen-bond acceptors (Lipinski definition) is 2. The van der Waals surface area contributed by atoms with Crippen molar-refractivity contribution in [3.8, 4) is 0 Å². The molecule has 1 N–H and O–H groups in total. The SMILES string of the molecule is C[C@@H](NCC1CCC2(CCCCC2)O1)c1ccc(Cl)cc1. The van der Waals surface area contributed by atoms with E-state index < -0.39 is 0 Å². The topological polar surface area (TPSA) is 21.3 Å². The van der Waals surface area contributed by atoms with Crippen LogP contribution >= 0.6 is 11.6 Å². The van der Waals surface area contributed by atoms with Crippen molar-refractivity contribution < 1.29 is 4.74 Å². The largest absolute Gasteiger partial charge is 0.370 e. The molecule has 2 atom stereocenters. The maximum atomic E-state index is 6.41. The van der Waals surface area contributed by atoms with E-state index in [1.807, 2.05) is 12.1 Å². The molecule has 2 nitrogen and oxygen atoms in total. The Hall–Kier alpha value is -0.570. The van der Waals surface area contributed by atoms with E-state index in [0.717, 1.165) is 11.6 Å². The van der Waals surface area contributed by atoms with Crippen LogP contribution in [0.3, 0.4) is 0 Å². The van der Waals surface area contributed by atoms with Gasteiger partial charge in [0.05, 0.1) is 11.7 Å². The Morgan fingerprint density at radius 3 is 2.62 bits per heavy atom. The zero-order chi connectivity index (χ0) is 14.7. The van der Waals surface area contributed by atoms with E-state index in [4.69, 9.17) is 16.3 Å². The molecule has 1 aliphatic carbocycles. The lowest BCUT2D eigenvalue weighted by Crippen LogP contribution is -2.35. The summed E-state index contributed by atoms with van der Waals surface area (Å²) in [6.07, 6.45) is 9.49. The van der Waals surface area contributed by atoms with Crippen LogP contribution in [0.5, 0.6) is 0 Å². The van der Waals surface area contributed by atoms with E-state index >= 15 is 0 Å². The second-order valence-electron chi connectivity index (χ2n) is 6.70. The van der Waals surface area contributed by atoms with Gasteiger partial charge in [-0.05, 0) is 50.3 Å². The zero-order valence-corrected chi connectivity index (χ0v) is 13.7. The molecular formula is C18H26ClNO. The highest BCUT2D eigenvalue weighted by Crippen LogP contribution is 2.41. The molecule has 2 aliphatic rings. The molecule has 1 aliphatic heterocycles. The summed E-state index contributed by atoms with van der Waals surface area (Å²) >= 11 is 5.94. The minimum Gasteiger partial charge on any atom is -0.370 e. The Morgan fingerprint density at radius 1 is 1.19 bits per heavy atom. The zero-order valence-electron chi connectivity index (χ0n) is 12.9. The van der Waals surface area contributed by atoms with E-state index in [2.05, 4.69) is 24.4 Å². The van der Waals surface area contributed by atoms with Gasteiger partial charge in [-0.15, -0.1) is 0 Å². The van der Waals surface area contributed by atoms with Crippen molar-refractivity contribution in [1.29, 1.82) is 0 Å². The van der Waals surface area contributed by atoms with Crippen molar-refractivity contribution in [3.05, 3.63) is 34.9 Å². The first-order valence-corrected chi connectivity index (χ1v) is 8.71. The Kier molecular flexibility index (Phi) is 4.88. The third kappa shape index (κ3) is 3.80. The van der Waals surface area contributed by atoms with Gasteiger partial charge in [-0.2, -0.15) is 0 Å². The van der Waals surface area contributed by atoms with Gasteiger partial charge >= 0.3 is 0 Å². The van der Waals surface area contributed by atoms with Gasteiger partial charge in [-0.25, -0.2) is 0 Å². The minimum absolute atomic E-state index is 0.230. The molecule has 3 heteroatoms. The summed E-state index contributed by atoms with van der Waals surface area (Å²) in [5.41, 5.74) is 1.51. The molecule has 0 radical (unpaired) electrons. The smallest absolute Gasteiger partial charge is 0.0708 e. The number of nitrogens with one attached hydrogen (secondary N) is 1. The van der Waals surface area contributed by atoms with Crippen LogP contribution in [0.25, 0.3) is 0 Å². The van der Waals surface area contributed by atoms with E-state index in [1.165, 1.54) is 50.5 Å². The maximum absolute atomic E-state index is 6.41. The highest BCUT2D eigenvalue weighted by molar-refractivity contribution is 6.30. The molecule has 1 saturated heterocycles. The lowest BCUT2D eigenvalue weighted by atomic mass is 9.83. The normalized spacial score (nSPS) is 26.1. The third-order valence-electron chi connectivity index (χ3n) is 5.13. The average Bonchev–Trinajstić information content (AvgIpc) is 2.89. The van der Waals surface area contributed by atoms with Gasteiger partial charge in [-0.3, -0.25) is 0 Å². The first-order chi connectivity index (χ1) is 10.2. The van der Waals surface area contributed by atoms with E-state index in [-0.39, 0.29) is 5.60 Å². The van der Waals surface area contributed by atoms with Crippen LogP contribution in [-0.4, -0.2) is 18.2 Å². The first kappa shape index (κ1) is 15.3. The third-order valence-corrected chi connectivity index (χ3v) is 5.38. The predicted molar refractivity (Wildman–Crippen MR) is 87.8 cm³/mol. The number of rotatable bonds is 4. The second kappa shape index (κ2) is 6.68. The van der Waals surface area contributed by atoms with Gasteiger partial charge in [0.25, 0.3) is 0 Å². The summed E-state index contributed by atoms with van der Waals surface area (Å²) in [7, 11) is 0. The Balaban J connectivity index is 1.48. The Bertz CT molecular complexity index is 453. The first-order valence-electron chi connectivity index (χ1n) is 8.34. The maximum Gasteiger partial charge on any atom is 0.0708 e. The van der Waals surface area contributed by atoms with Crippen LogP contribution in [0.15, 0.2) is 24.3 Å². The quantitative estimate of drug-likeness (QED) is 0.856. The molecule has 0 amide bonds. The monoisotopic (exact) mass is 307 g/mol. The fraction of sp³-hybridized carbons (Fsp3) is 0.667. The summed E-state index contributed by atoms with van der Waals surface area (Å²) in [6.45, 7) is 3.15. The fourth-order valence-electron chi connectivity index (χ4n) is 3.78. The second-order valence-corrected chi connectivity index (χ2v) is 7.14. The number of hydrogen-bond donors (Lipinski definition) is 1. The average molecular weight is 308 g/mol. The lowest BCUT2D eigenvalue weighted by molar-refractivity contribution is -0.0628. The molecule has 1 spiro atoms. The van der Waals surface area contributed by atoms with Gasteiger partial charge in [-0.1, -0.05) is 43.0 Å². The summed E-state index contributed by atoms with van der Waals surface area (Å²) in [5, 5.41) is 4.41. The molecule has 2 fully saturated rings.